The molecule has 2 aliphatic heterocycles. The van der Waals surface area contributed by atoms with Gasteiger partial charge in [0.05, 0.1) is 11.9 Å². The molecule has 1 aromatic heterocycles. The fourth-order valence-corrected chi connectivity index (χ4v) is 5.10. The first kappa shape index (κ1) is 21.2. The average molecular weight is 465 g/mol. The smallest absolute Gasteiger partial charge is 0.275 e. The predicted molar refractivity (Wildman–Crippen MR) is 133 cm³/mol. The van der Waals surface area contributed by atoms with E-state index < -0.39 is 5.54 Å². The Morgan fingerprint density at radius 3 is 2.60 bits per heavy atom. The lowest BCUT2D eigenvalue weighted by Crippen LogP contribution is -2.65. The lowest BCUT2D eigenvalue weighted by atomic mass is 9.83. The summed E-state index contributed by atoms with van der Waals surface area (Å²) in [6.07, 6.45) is 2.31. The van der Waals surface area contributed by atoms with Crippen molar-refractivity contribution in [2.24, 2.45) is 5.10 Å². The first-order valence-electron chi connectivity index (χ1n) is 11.6. The molecule has 0 spiro atoms. The number of hydrogen-bond donors (Lipinski definition) is 1. The van der Waals surface area contributed by atoms with Crippen LogP contribution in [0.25, 0.3) is 10.9 Å². The summed E-state index contributed by atoms with van der Waals surface area (Å²) in [5.74, 6) is 1.06. The number of H-pyrrole nitrogens is 1. The third-order valence-electron chi connectivity index (χ3n) is 6.85. The molecule has 6 rings (SSSR count). The highest BCUT2D eigenvalue weighted by molar-refractivity contribution is 6.01. The number of fused-ring (bicyclic) bond motifs is 5. The second kappa shape index (κ2) is 8.13. The van der Waals surface area contributed by atoms with Gasteiger partial charge >= 0.3 is 0 Å². The van der Waals surface area contributed by atoms with E-state index in [9.17, 15) is 9.59 Å². The summed E-state index contributed by atoms with van der Waals surface area (Å²) < 4.78 is 5.90. The minimum absolute atomic E-state index is 0.0826. The van der Waals surface area contributed by atoms with E-state index in [2.05, 4.69) is 16.2 Å². The Morgan fingerprint density at radius 1 is 0.971 bits per heavy atom. The molecule has 1 atom stereocenters. The first-order valence-corrected chi connectivity index (χ1v) is 11.6. The Kier molecular flexibility index (Phi) is 4.91. The second-order valence-corrected chi connectivity index (χ2v) is 8.99. The van der Waals surface area contributed by atoms with Gasteiger partial charge in [-0.25, -0.2) is 5.01 Å². The molecule has 4 aromatic rings. The van der Waals surface area contributed by atoms with Crippen LogP contribution in [-0.2, 0) is 21.5 Å². The summed E-state index contributed by atoms with van der Waals surface area (Å²) >= 11 is 0. The number of piperazine rings is 1. The molecule has 1 saturated heterocycles. The van der Waals surface area contributed by atoms with Crippen molar-refractivity contribution in [1.29, 1.82) is 0 Å². The third kappa shape index (κ3) is 3.47. The van der Waals surface area contributed by atoms with Gasteiger partial charge in [-0.15, -0.1) is 0 Å². The van der Waals surface area contributed by atoms with Gasteiger partial charge in [0.2, 0.25) is 5.91 Å². The number of hydrogen-bond acceptors (Lipinski definition) is 4. The van der Waals surface area contributed by atoms with Crippen molar-refractivity contribution < 1.29 is 14.3 Å². The molecule has 174 valence electrons. The number of ether oxygens (including phenoxy) is 1. The van der Waals surface area contributed by atoms with Gasteiger partial charge in [0.1, 0.15) is 18.0 Å². The molecule has 3 aromatic carbocycles. The van der Waals surface area contributed by atoms with E-state index in [0.29, 0.717) is 18.7 Å². The topological polar surface area (TPSA) is 78.0 Å². The summed E-state index contributed by atoms with van der Waals surface area (Å²) in [5, 5.41) is 6.82. The van der Waals surface area contributed by atoms with E-state index in [-0.39, 0.29) is 18.4 Å². The Bertz CT molecular complexity index is 1480. The van der Waals surface area contributed by atoms with Crippen LogP contribution in [0.4, 0.5) is 0 Å². The van der Waals surface area contributed by atoms with Gasteiger partial charge in [-0.2, -0.15) is 5.10 Å². The zero-order valence-corrected chi connectivity index (χ0v) is 19.3. The number of carbonyl (C=O) groups is 2. The predicted octanol–water partition coefficient (Wildman–Crippen LogP) is 4.44. The molecule has 2 amide bonds. The zero-order valence-electron chi connectivity index (χ0n) is 19.3. The van der Waals surface area contributed by atoms with Crippen LogP contribution in [0.1, 0.15) is 23.7 Å². The summed E-state index contributed by atoms with van der Waals surface area (Å²) in [6, 6.07) is 25.0. The van der Waals surface area contributed by atoms with Gasteiger partial charge in [-0.1, -0.05) is 48.5 Å². The highest BCUT2D eigenvalue weighted by Gasteiger charge is 2.54. The van der Waals surface area contributed by atoms with Crippen molar-refractivity contribution in [1.82, 2.24) is 14.9 Å². The number of nitrogens with one attached hydrogen (secondary N) is 1. The van der Waals surface area contributed by atoms with Crippen LogP contribution < -0.4 is 4.74 Å². The molecular weight excluding hydrogens is 440 g/mol. The van der Waals surface area contributed by atoms with Gasteiger partial charge in [0.25, 0.3) is 5.91 Å². The van der Waals surface area contributed by atoms with Gasteiger partial charge < -0.3 is 14.6 Å². The summed E-state index contributed by atoms with van der Waals surface area (Å²) in [6.45, 7) is 2.24. The molecule has 3 heterocycles. The molecule has 0 radical (unpaired) electrons. The van der Waals surface area contributed by atoms with E-state index in [0.717, 1.165) is 33.5 Å². The lowest BCUT2D eigenvalue weighted by molar-refractivity contribution is -0.165. The number of benzene rings is 3. The number of rotatable bonds is 4. The highest BCUT2D eigenvalue weighted by Crippen LogP contribution is 2.41. The van der Waals surface area contributed by atoms with E-state index >= 15 is 0 Å². The number of para-hydroxylation sites is 2. The van der Waals surface area contributed by atoms with Crippen LogP contribution in [0, 0.1) is 0 Å². The zero-order chi connectivity index (χ0) is 24.0. The van der Waals surface area contributed by atoms with Crippen LogP contribution in [0.2, 0.25) is 0 Å². The number of aromatic amines is 1. The molecule has 7 heteroatoms. The number of nitrogens with zero attached hydrogens (tertiary/aromatic N) is 3. The largest absolute Gasteiger partial charge is 0.457 e. The van der Waals surface area contributed by atoms with Crippen LogP contribution >= 0.6 is 0 Å². The normalized spacial score (nSPS) is 19.8. The van der Waals surface area contributed by atoms with E-state index in [1.54, 1.807) is 11.1 Å². The van der Waals surface area contributed by atoms with Crippen LogP contribution in [0.3, 0.4) is 0 Å². The molecule has 1 N–H and O–H groups in total. The van der Waals surface area contributed by atoms with Crippen molar-refractivity contribution in [3.63, 3.8) is 0 Å². The summed E-state index contributed by atoms with van der Waals surface area (Å²) in [7, 11) is 0. The van der Waals surface area contributed by atoms with E-state index in [1.807, 2.05) is 79.7 Å². The number of aromatic nitrogens is 1. The van der Waals surface area contributed by atoms with Crippen molar-refractivity contribution in [2.75, 3.05) is 13.1 Å². The third-order valence-corrected chi connectivity index (χ3v) is 6.85. The van der Waals surface area contributed by atoms with Crippen LogP contribution in [0.5, 0.6) is 11.5 Å². The van der Waals surface area contributed by atoms with Gasteiger partial charge in [0, 0.05) is 17.4 Å². The molecular formula is C28H24N4O3. The van der Waals surface area contributed by atoms with E-state index in [4.69, 9.17) is 4.74 Å². The van der Waals surface area contributed by atoms with Crippen molar-refractivity contribution in [2.45, 2.75) is 18.9 Å². The van der Waals surface area contributed by atoms with Crippen molar-refractivity contribution in [3.8, 4) is 11.5 Å². The average Bonchev–Trinajstić information content (AvgIpc) is 3.26. The molecule has 35 heavy (non-hydrogen) atoms. The van der Waals surface area contributed by atoms with Gasteiger partial charge in [0.15, 0.2) is 5.54 Å². The molecule has 0 unspecified atom stereocenters. The fraction of sp³-hybridized carbons (Fsp3) is 0.179. The van der Waals surface area contributed by atoms with Gasteiger partial charge in [-0.3, -0.25) is 9.59 Å². The van der Waals surface area contributed by atoms with Crippen LogP contribution in [0.15, 0.2) is 84.0 Å². The monoisotopic (exact) mass is 464 g/mol. The number of hydrazone groups is 1. The van der Waals surface area contributed by atoms with Gasteiger partial charge in [-0.05, 0) is 54.8 Å². The first-order chi connectivity index (χ1) is 17.0. The molecule has 1 fully saturated rings. The Morgan fingerprint density at radius 2 is 1.74 bits per heavy atom. The molecule has 2 aliphatic rings. The maximum Gasteiger partial charge on any atom is 0.275 e. The fourth-order valence-electron chi connectivity index (χ4n) is 5.10. The summed E-state index contributed by atoms with van der Waals surface area (Å²) in [4.78, 5) is 32.0. The SMILES string of the molecule is C[C@@]12C(=O)N(/N=C/c3cccc(Oc4ccccc4)c3)CC(=O)N1CCc1c2[nH]c2ccccc12. The number of amides is 2. The second-order valence-electron chi connectivity index (χ2n) is 8.99. The standard InChI is InChI=1S/C28H24N4O3/c1-28-26-23(22-12-5-6-13-24(22)30-26)14-15-31(28)25(33)18-32(27(28)34)29-17-19-8-7-11-21(16-19)35-20-9-3-2-4-10-20/h2-13,16-17,30H,14-15,18H2,1H3/b29-17+/t28-/m1/s1. The summed E-state index contributed by atoms with van der Waals surface area (Å²) in [5.41, 5.74) is 2.48. The van der Waals surface area contributed by atoms with Crippen molar-refractivity contribution in [3.05, 3.63) is 95.7 Å². The Labute approximate surface area is 202 Å². The molecule has 0 aliphatic carbocycles. The molecule has 0 saturated carbocycles. The quantitative estimate of drug-likeness (QED) is 0.454. The maximum absolute atomic E-state index is 13.8. The number of carbonyl (C=O) groups excluding carboxylic acids is 2. The minimum atomic E-state index is -1.13. The highest BCUT2D eigenvalue weighted by atomic mass is 16.5. The van der Waals surface area contributed by atoms with Crippen LogP contribution in [-0.4, -0.2) is 46.0 Å². The Balaban J connectivity index is 1.30. The molecule has 0 bridgehead atoms. The van der Waals surface area contributed by atoms with E-state index in [1.165, 1.54) is 5.01 Å². The maximum atomic E-state index is 13.8. The minimum Gasteiger partial charge on any atom is -0.457 e. The molecule has 7 nitrogen and oxygen atoms in total. The Hall–Kier alpha value is -4.39. The lowest BCUT2D eigenvalue weighted by Gasteiger charge is -2.48. The van der Waals surface area contributed by atoms with Crippen molar-refractivity contribution >= 4 is 28.9 Å².